The first kappa shape index (κ1) is 14.9. The predicted octanol–water partition coefficient (Wildman–Crippen LogP) is 1.14. The van der Waals surface area contributed by atoms with Crippen LogP contribution in [0.5, 0.6) is 5.88 Å². The Bertz CT molecular complexity index is 632. The Hall–Kier alpha value is -2.06. The maximum absolute atomic E-state index is 5.90. The summed E-state index contributed by atoms with van der Waals surface area (Å²) in [6.45, 7) is 5.90. The summed E-state index contributed by atoms with van der Waals surface area (Å²) in [7, 11) is 1.60. The van der Waals surface area contributed by atoms with E-state index in [1.54, 1.807) is 26.4 Å². The molecule has 2 aromatic heterocycles. The molecule has 0 aliphatic carbocycles. The first-order valence-electron chi connectivity index (χ1n) is 7.17. The van der Waals surface area contributed by atoms with Gasteiger partial charge in [0.25, 0.3) is 5.89 Å². The van der Waals surface area contributed by atoms with Gasteiger partial charge >= 0.3 is 0 Å². The molecule has 8 nitrogen and oxygen atoms in total. The molecule has 1 fully saturated rings. The molecule has 22 heavy (non-hydrogen) atoms. The largest absolute Gasteiger partial charge is 0.480 e. The van der Waals surface area contributed by atoms with Gasteiger partial charge in [0.2, 0.25) is 5.88 Å². The SMILES string of the molecule is COc1nccnc1CN1C[C@@H](C)O[C@@H](c2nc(C)no2)C1. The molecule has 1 aliphatic rings. The van der Waals surface area contributed by atoms with Crippen LogP contribution in [0.15, 0.2) is 16.9 Å². The second-order valence-corrected chi connectivity index (χ2v) is 5.32. The lowest BCUT2D eigenvalue weighted by atomic mass is 10.2. The van der Waals surface area contributed by atoms with Crippen LogP contribution in [0.2, 0.25) is 0 Å². The first-order valence-corrected chi connectivity index (χ1v) is 7.17. The van der Waals surface area contributed by atoms with E-state index in [1.165, 1.54) is 0 Å². The van der Waals surface area contributed by atoms with Crippen molar-refractivity contribution in [1.29, 1.82) is 0 Å². The van der Waals surface area contributed by atoms with Crippen molar-refractivity contribution in [2.75, 3.05) is 20.2 Å². The number of aryl methyl sites for hydroxylation is 1. The molecule has 0 N–H and O–H groups in total. The Kier molecular flexibility index (Phi) is 4.30. The Morgan fingerprint density at radius 2 is 2.14 bits per heavy atom. The zero-order chi connectivity index (χ0) is 15.5. The normalized spacial score (nSPS) is 22.7. The molecule has 8 heteroatoms. The highest BCUT2D eigenvalue weighted by atomic mass is 16.5. The topological polar surface area (TPSA) is 86.4 Å². The number of rotatable bonds is 4. The van der Waals surface area contributed by atoms with Gasteiger partial charge in [-0.1, -0.05) is 5.16 Å². The van der Waals surface area contributed by atoms with Crippen LogP contribution in [0.4, 0.5) is 0 Å². The molecule has 1 saturated heterocycles. The highest BCUT2D eigenvalue weighted by Gasteiger charge is 2.30. The molecule has 0 saturated carbocycles. The van der Waals surface area contributed by atoms with Crippen LogP contribution in [0.25, 0.3) is 0 Å². The van der Waals surface area contributed by atoms with Gasteiger partial charge in [0.1, 0.15) is 11.8 Å². The zero-order valence-electron chi connectivity index (χ0n) is 12.9. The van der Waals surface area contributed by atoms with Gasteiger partial charge in [0.05, 0.1) is 13.2 Å². The standard InChI is InChI=1S/C14H19N5O3/c1-9-6-19(7-11-13(20-3)16-5-4-15-11)8-12(21-9)14-17-10(2)18-22-14/h4-5,9,12H,6-8H2,1-3H3/t9-,12-/m1/s1. The van der Waals surface area contributed by atoms with E-state index in [4.69, 9.17) is 14.0 Å². The minimum absolute atomic E-state index is 0.0635. The van der Waals surface area contributed by atoms with Gasteiger partial charge in [-0.3, -0.25) is 9.88 Å². The number of hydrogen-bond acceptors (Lipinski definition) is 8. The third kappa shape index (κ3) is 3.23. The Morgan fingerprint density at radius 3 is 2.86 bits per heavy atom. The van der Waals surface area contributed by atoms with Crippen LogP contribution in [0.1, 0.15) is 30.4 Å². The van der Waals surface area contributed by atoms with Gasteiger partial charge < -0.3 is 14.0 Å². The molecule has 2 atom stereocenters. The van der Waals surface area contributed by atoms with Gasteiger partial charge in [0, 0.05) is 32.0 Å². The van der Waals surface area contributed by atoms with E-state index >= 15 is 0 Å². The van der Waals surface area contributed by atoms with Gasteiger partial charge in [-0.25, -0.2) is 4.98 Å². The third-order valence-electron chi connectivity index (χ3n) is 3.46. The lowest BCUT2D eigenvalue weighted by molar-refractivity contribution is -0.0934. The van der Waals surface area contributed by atoms with Crippen molar-refractivity contribution in [2.24, 2.45) is 0 Å². The fourth-order valence-electron chi connectivity index (χ4n) is 2.59. The fraction of sp³-hybridized carbons (Fsp3) is 0.571. The lowest BCUT2D eigenvalue weighted by Gasteiger charge is -2.35. The summed E-state index contributed by atoms with van der Waals surface area (Å²) in [5.74, 6) is 1.67. The molecule has 0 bridgehead atoms. The van der Waals surface area contributed by atoms with Crippen LogP contribution >= 0.6 is 0 Å². The number of ether oxygens (including phenoxy) is 2. The van der Waals surface area contributed by atoms with Crippen molar-refractivity contribution in [3.8, 4) is 5.88 Å². The minimum Gasteiger partial charge on any atom is -0.480 e. The summed E-state index contributed by atoms with van der Waals surface area (Å²) in [6.07, 6.45) is 3.12. The second-order valence-electron chi connectivity index (χ2n) is 5.32. The van der Waals surface area contributed by atoms with Crippen LogP contribution in [-0.2, 0) is 11.3 Å². The van der Waals surface area contributed by atoms with E-state index in [2.05, 4.69) is 25.0 Å². The number of hydrogen-bond donors (Lipinski definition) is 0. The van der Waals surface area contributed by atoms with Gasteiger partial charge in [-0.2, -0.15) is 4.98 Å². The highest BCUT2D eigenvalue weighted by Crippen LogP contribution is 2.25. The molecule has 1 aliphatic heterocycles. The van der Waals surface area contributed by atoms with E-state index in [-0.39, 0.29) is 12.2 Å². The molecule has 0 amide bonds. The Balaban J connectivity index is 1.73. The van der Waals surface area contributed by atoms with E-state index in [9.17, 15) is 0 Å². The molecule has 2 aromatic rings. The number of aromatic nitrogens is 4. The highest BCUT2D eigenvalue weighted by molar-refractivity contribution is 5.17. The second kappa shape index (κ2) is 6.37. The van der Waals surface area contributed by atoms with Gasteiger partial charge in [-0.15, -0.1) is 0 Å². The van der Waals surface area contributed by atoms with Crippen LogP contribution in [0.3, 0.4) is 0 Å². The summed E-state index contributed by atoms with van der Waals surface area (Å²) in [5.41, 5.74) is 0.805. The third-order valence-corrected chi connectivity index (χ3v) is 3.46. The molecule has 3 heterocycles. The van der Waals surface area contributed by atoms with Crippen molar-refractivity contribution >= 4 is 0 Å². The molecule has 0 aromatic carbocycles. The van der Waals surface area contributed by atoms with Gasteiger partial charge in [-0.05, 0) is 13.8 Å². The summed E-state index contributed by atoms with van der Waals surface area (Å²) in [6, 6.07) is 0. The van der Waals surface area contributed by atoms with Crippen LogP contribution in [0, 0.1) is 6.92 Å². The first-order chi connectivity index (χ1) is 10.7. The molecule has 3 rings (SSSR count). The van der Waals surface area contributed by atoms with Crippen molar-refractivity contribution in [1.82, 2.24) is 25.0 Å². The lowest BCUT2D eigenvalue weighted by Crippen LogP contribution is -2.42. The summed E-state index contributed by atoms with van der Waals surface area (Å²) >= 11 is 0. The van der Waals surface area contributed by atoms with Crippen molar-refractivity contribution < 1.29 is 14.0 Å². The quantitative estimate of drug-likeness (QED) is 0.831. The number of morpholine rings is 1. The van der Waals surface area contributed by atoms with Crippen LogP contribution < -0.4 is 4.74 Å². The summed E-state index contributed by atoms with van der Waals surface area (Å²) in [5, 5.41) is 3.83. The summed E-state index contributed by atoms with van der Waals surface area (Å²) in [4.78, 5) is 15.0. The van der Waals surface area contributed by atoms with E-state index in [1.807, 2.05) is 6.92 Å². The number of nitrogens with zero attached hydrogens (tertiary/aromatic N) is 5. The Labute approximate surface area is 128 Å². The monoisotopic (exact) mass is 305 g/mol. The average Bonchev–Trinajstić information content (AvgIpc) is 2.94. The van der Waals surface area contributed by atoms with Crippen molar-refractivity contribution in [3.05, 3.63) is 29.8 Å². The Morgan fingerprint density at radius 1 is 1.32 bits per heavy atom. The number of methoxy groups -OCH3 is 1. The molecule has 0 spiro atoms. The maximum atomic E-state index is 5.90. The maximum Gasteiger partial charge on any atom is 0.257 e. The van der Waals surface area contributed by atoms with E-state index in [0.29, 0.717) is 30.7 Å². The van der Waals surface area contributed by atoms with Crippen molar-refractivity contribution in [2.45, 2.75) is 32.6 Å². The summed E-state index contributed by atoms with van der Waals surface area (Å²) < 4.78 is 16.4. The fourth-order valence-corrected chi connectivity index (χ4v) is 2.59. The molecule has 118 valence electrons. The van der Waals surface area contributed by atoms with Crippen LogP contribution in [-0.4, -0.2) is 51.3 Å². The molecular weight excluding hydrogens is 286 g/mol. The smallest absolute Gasteiger partial charge is 0.257 e. The van der Waals surface area contributed by atoms with E-state index < -0.39 is 0 Å². The minimum atomic E-state index is -0.229. The predicted molar refractivity (Wildman–Crippen MR) is 76.2 cm³/mol. The van der Waals surface area contributed by atoms with E-state index in [0.717, 1.165) is 12.2 Å². The molecular formula is C14H19N5O3. The molecule has 0 radical (unpaired) electrons. The molecule has 0 unspecified atom stereocenters. The van der Waals surface area contributed by atoms with Crippen molar-refractivity contribution in [3.63, 3.8) is 0 Å². The zero-order valence-corrected chi connectivity index (χ0v) is 12.9. The van der Waals surface area contributed by atoms with Gasteiger partial charge in [0.15, 0.2) is 5.82 Å². The average molecular weight is 305 g/mol.